The number of carbonyl (C=O) groups excluding carboxylic acids is 2. The number of anilines is 1. The number of carbonyl (C=O) groups is 2. The van der Waals surface area contributed by atoms with Crippen LogP contribution in [0, 0.1) is 11.3 Å². The molecule has 5 nitrogen and oxygen atoms in total. The van der Waals surface area contributed by atoms with Gasteiger partial charge >= 0.3 is 0 Å². The summed E-state index contributed by atoms with van der Waals surface area (Å²) in [5, 5.41) is 22.7. The van der Waals surface area contributed by atoms with Crippen LogP contribution in [-0.4, -0.2) is 11.9 Å². The maximum atomic E-state index is 12.1. The van der Waals surface area contributed by atoms with Crippen molar-refractivity contribution in [1.29, 1.82) is 5.26 Å². The summed E-state index contributed by atoms with van der Waals surface area (Å²) in [5.74, 6) is -1.90. The first kappa shape index (κ1) is 16.3. The quantitative estimate of drug-likeness (QED) is 0.689. The van der Waals surface area contributed by atoms with Gasteiger partial charge in [0, 0.05) is 0 Å². The maximum Gasteiger partial charge on any atom is 0.266 e. The highest BCUT2D eigenvalue weighted by Crippen LogP contribution is 2.21. The Balaban J connectivity index is 2.21. The minimum absolute atomic E-state index is 0.0150. The van der Waals surface area contributed by atoms with E-state index < -0.39 is 11.9 Å². The van der Waals surface area contributed by atoms with Crippen LogP contribution in [0.2, 0.25) is 5.02 Å². The molecule has 0 aliphatic heterocycles. The number of carboxylic acid groups (broad SMARTS) is 1. The van der Waals surface area contributed by atoms with Crippen LogP contribution in [0.25, 0.3) is 6.08 Å². The lowest BCUT2D eigenvalue weighted by Crippen LogP contribution is -2.21. The van der Waals surface area contributed by atoms with Crippen molar-refractivity contribution in [3.63, 3.8) is 0 Å². The van der Waals surface area contributed by atoms with E-state index in [1.807, 2.05) is 0 Å². The number of aromatic carboxylic acids is 1. The summed E-state index contributed by atoms with van der Waals surface area (Å²) in [6.45, 7) is 0. The topological polar surface area (TPSA) is 93.0 Å². The summed E-state index contributed by atoms with van der Waals surface area (Å²) < 4.78 is 0. The van der Waals surface area contributed by atoms with Crippen molar-refractivity contribution in [3.05, 3.63) is 70.3 Å². The maximum absolute atomic E-state index is 12.1. The Kier molecular flexibility index (Phi) is 5.13. The lowest BCUT2D eigenvalue weighted by Gasteiger charge is -2.06. The molecule has 2 aromatic carbocycles. The summed E-state index contributed by atoms with van der Waals surface area (Å²) in [5.41, 5.74) is 0.792. The molecule has 0 fully saturated rings. The number of hydrogen-bond donors (Lipinski definition) is 1. The van der Waals surface area contributed by atoms with Crippen LogP contribution >= 0.6 is 11.6 Å². The Labute approximate surface area is 137 Å². The van der Waals surface area contributed by atoms with Crippen molar-refractivity contribution in [1.82, 2.24) is 0 Å². The van der Waals surface area contributed by atoms with Gasteiger partial charge in [-0.25, -0.2) is 0 Å². The zero-order valence-electron chi connectivity index (χ0n) is 11.7. The van der Waals surface area contributed by atoms with Gasteiger partial charge in [0.15, 0.2) is 0 Å². The molecule has 0 aromatic heterocycles. The third kappa shape index (κ3) is 4.19. The van der Waals surface area contributed by atoms with E-state index in [9.17, 15) is 14.7 Å². The molecule has 0 atom stereocenters. The van der Waals surface area contributed by atoms with E-state index in [1.165, 1.54) is 30.3 Å². The molecular weight excluding hydrogens is 316 g/mol. The molecule has 6 heteroatoms. The molecule has 0 saturated heterocycles. The van der Waals surface area contributed by atoms with Crippen LogP contribution < -0.4 is 10.4 Å². The van der Waals surface area contributed by atoms with Gasteiger partial charge in [0.2, 0.25) is 0 Å². The largest absolute Gasteiger partial charge is 0.545 e. The number of rotatable bonds is 4. The van der Waals surface area contributed by atoms with Crippen molar-refractivity contribution in [3.8, 4) is 6.07 Å². The molecule has 0 saturated carbocycles. The van der Waals surface area contributed by atoms with Gasteiger partial charge in [0.25, 0.3) is 5.91 Å². The van der Waals surface area contributed by atoms with Gasteiger partial charge in [0.05, 0.1) is 16.7 Å². The monoisotopic (exact) mass is 325 g/mol. The van der Waals surface area contributed by atoms with E-state index in [-0.39, 0.29) is 11.1 Å². The smallest absolute Gasteiger partial charge is 0.266 e. The predicted octanol–water partition coefficient (Wildman–Crippen LogP) is 2.25. The van der Waals surface area contributed by atoms with Crippen LogP contribution in [0.5, 0.6) is 0 Å². The van der Waals surface area contributed by atoms with Gasteiger partial charge in [-0.1, -0.05) is 48.0 Å². The number of benzene rings is 2. The molecule has 0 radical (unpaired) electrons. The molecule has 0 unspecified atom stereocenters. The Morgan fingerprint density at radius 2 is 1.78 bits per heavy atom. The van der Waals surface area contributed by atoms with Gasteiger partial charge in [0.1, 0.15) is 11.6 Å². The Morgan fingerprint density at radius 1 is 1.13 bits per heavy atom. The van der Waals surface area contributed by atoms with Crippen molar-refractivity contribution >= 4 is 35.2 Å². The number of para-hydroxylation sites is 1. The van der Waals surface area contributed by atoms with Crippen LogP contribution in [0.4, 0.5) is 5.69 Å². The number of nitriles is 1. The molecule has 2 rings (SSSR count). The fraction of sp³-hybridized carbons (Fsp3) is 0. The lowest BCUT2D eigenvalue weighted by molar-refractivity contribution is -0.255. The zero-order valence-corrected chi connectivity index (χ0v) is 12.5. The van der Waals surface area contributed by atoms with E-state index in [0.717, 1.165) is 0 Å². The van der Waals surface area contributed by atoms with E-state index >= 15 is 0 Å². The minimum atomic E-state index is -1.29. The zero-order chi connectivity index (χ0) is 16.8. The third-order valence-corrected chi connectivity index (χ3v) is 3.27. The number of hydrogen-bond acceptors (Lipinski definition) is 4. The van der Waals surface area contributed by atoms with E-state index in [4.69, 9.17) is 16.9 Å². The van der Waals surface area contributed by atoms with Crippen LogP contribution in [0.1, 0.15) is 15.9 Å². The van der Waals surface area contributed by atoms with Gasteiger partial charge in [-0.05, 0) is 29.3 Å². The normalized spacial score (nSPS) is 10.7. The van der Waals surface area contributed by atoms with E-state index in [0.29, 0.717) is 16.3 Å². The molecule has 23 heavy (non-hydrogen) atoms. The second-order valence-electron chi connectivity index (χ2n) is 4.51. The third-order valence-electron chi connectivity index (χ3n) is 2.94. The number of nitrogens with zero attached hydrogens (tertiary/aromatic N) is 1. The van der Waals surface area contributed by atoms with Crippen molar-refractivity contribution in [2.45, 2.75) is 0 Å². The minimum Gasteiger partial charge on any atom is -0.545 e. The van der Waals surface area contributed by atoms with Crippen molar-refractivity contribution < 1.29 is 14.7 Å². The number of amides is 1. The van der Waals surface area contributed by atoms with Crippen LogP contribution in [0.15, 0.2) is 54.1 Å². The molecule has 0 bridgehead atoms. The van der Waals surface area contributed by atoms with Gasteiger partial charge in [-0.15, -0.1) is 0 Å². The second kappa shape index (κ2) is 7.25. The Bertz CT molecular complexity index is 820. The molecule has 1 amide bonds. The van der Waals surface area contributed by atoms with Gasteiger partial charge in [-0.2, -0.15) is 5.26 Å². The highest BCUT2D eigenvalue weighted by Gasteiger charge is 2.11. The summed E-state index contributed by atoms with van der Waals surface area (Å²) >= 11 is 5.94. The summed E-state index contributed by atoms with van der Waals surface area (Å²) in [6.07, 6.45) is 1.35. The van der Waals surface area contributed by atoms with E-state index in [1.54, 1.807) is 30.3 Å². The fourth-order valence-corrected chi connectivity index (χ4v) is 1.97. The van der Waals surface area contributed by atoms with Crippen molar-refractivity contribution in [2.75, 3.05) is 5.32 Å². The molecule has 0 aliphatic carbocycles. The molecule has 0 spiro atoms. The first-order valence-corrected chi connectivity index (χ1v) is 6.88. The average Bonchev–Trinajstić information content (AvgIpc) is 2.55. The molecule has 2 aromatic rings. The summed E-state index contributed by atoms with van der Waals surface area (Å²) in [7, 11) is 0. The molecule has 0 heterocycles. The number of nitrogens with one attached hydrogen (secondary N) is 1. The SMILES string of the molecule is N#C/C(=C\c1ccc(C(=O)[O-])cc1)C(=O)Nc1ccccc1Cl. The van der Waals surface area contributed by atoms with Crippen LogP contribution in [0.3, 0.4) is 0 Å². The number of carboxylic acids is 1. The lowest BCUT2D eigenvalue weighted by atomic mass is 10.1. The fourth-order valence-electron chi connectivity index (χ4n) is 1.78. The molecule has 114 valence electrons. The van der Waals surface area contributed by atoms with Gasteiger partial charge in [-0.3, -0.25) is 4.79 Å². The average molecular weight is 326 g/mol. The van der Waals surface area contributed by atoms with Gasteiger partial charge < -0.3 is 15.2 Å². The first-order chi connectivity index (χ1) is 11.0. The summed E-state index contributed by atoms with van der Waals surface area (Å²) in [6, 6.07) is 14.1. The summed E-state index contributed by atoms with van der Waals surface area (Å²) in [4.78, 5) is 22.8. The molecular formula is C17H10ClN2O3-. The Morgan fingerprint density at radius 3 is 2.35 bits per heavy atom. The van der Waals surface area contributed by atoms with E-state index in [2.05, 4.69) is 5.32 Å². The highest BCUT2D eigenvalue weighted by molar-refractivity contribution is 6.34. The number of halogens is 1. The standard InChI is InChI=1S/C17H11ClN2O3/c18-14-3-1-2-4-15(14)20-16(21)13(10-19)9-11-5-7-12(8-6-11)17(22)23/h1-9H,(H,20,21)(H,22,23)/p-1/b13-9+. The highest BCUT2D eigenvalue weighted by atomic mass is 35.5. The second-order valence-corrected chi connectivity index (χ2v) is 4.92. The predicted molar refractivity (Wildman–Crippen MR) is 84.4 cm³/mol. The van der Waals surface area contributed by atoms with Crippen LogP contribution in [-0.2, 0) is 4.79 Å². The molecule has 0 aliphatic rings. The first-order valence-electron chi connectivity index (χ1n) is 6.50. The molecule has 1 N–H and O–H groups in total. The van der Waals surface area contributed by atoms with Crippen molar-refractivity contribution in [2.24, 2.45) is 0 Å². The Hall–Kier alpha value is -3.10.